The lowest BCUT2D eigenvalue weighted by Crippen LogP contribution is -1.89. The molecular formula is C17H20. The molecule has 0 bridgehead atoms. The van der Waals surface area contributed by atoms with Crippen LogP contribution in [0.4, 0.5) is 0 Å². The molecule has 0 amide bonds. The van der Waals surface area contributed by atoms with Gasteiger partial charge in [0, 0.05) is 0 Å². The number of hydrogen-bond donors (Lipinski definition) is 0. The van der Waals surface area contributed by atoms with Gasteiger partial charge < -0.3 is 0 Å². The molecule has 0 aromatic heterocycles. The van der Waals surface area contributed by atoms with Crippen LogP contribution in [0.2, 0.25) is 0 Å². The quantitative estimate of drug-likeness (QED) is 0.666. The molecule has 0 aliphatic carbocycles. The molecule has 0 saturated carbocycles. The predicted octanol–water partition coefficient (Wildman–Crippen LogP) is 5.09. The minimum Gasteiger partial charge on any atom is -0.0614 e. The summed E-state index contributed by atoms with van der Waals surface area (Å²) in [7, 11) is 0. The van der Waals surface area contributed by atoms with Gasteiger partial charge in [-0.3, -0.25) is 0 Å². The van der Waals surface area contributed by atoms with Crippen LogP contribution >= 0.6 is 0 Å². The van der Waals surface area contributed by atoms with Crippen molar-refractivity contribution >= 4 is 0 Å². The maximum absolute atomic E-state index is 2.24. The highest BCUT2D eigenvalue weighted by Gasteiger charge is 2.04. The molecule has 0 heterocycles. The largest absolute Gasteiger partial charge is 0.0614 e. The van der Waals surface area contributed by atoms with Crippen molar-refractivity contribution in [2.45, 2.75) is 33.6 Å². The molecule has 0 saturated heterocycles. The first-order valence-electron chi connectivity index (χ1n) is 6.26. The Labute approximate surface area is 104 Å². The van der Waals surface area contributed by atoms with E-state index in [-0.39, 0.29) is 0 Å². The van der Waals surface area contributed by atoms with E-state index in [0.717, 1.165) is 0 Å². The second-order valence-electron chi connectivity index (χ2n) is 5.02. The predicted molar refractivity (Wildman–Crippen MR) is 75.4 cm³/mol. The van der Waals surface area contributed by atoms with Gasteiger partial charge in [-0.25, -0.2) is 0 Å². The van der Waals surface area contributed by atoms with Gasteiger partial charge in [0.05, 0.1) is 0 Å². The summed E-state index contributed by atoms with van der Waals surface area (Å²) in [5.74, 6) is 0.600. The van der Waals surface area contributed by atoms with Crippen LogP contribution in [-0.2, 0) is 0 Å². The van der Waals surface area contributed by atoms with Gasteiger partial charge in [-0.1, -0.05) is 56.3 Å². The van der Waals surface area contributed by atoms with Crippen LogP contribution in [0, 0.1) is 13.8 Å². The highest BCUT2D eigenvalue weighted by molar-refractivity contribution is 5.68. The summed E-state index contributed by atoms with van der Waals surface area (Å²) in [5, 5.41) is 0. The first-order chi connectivity index (χ1) is 8.09. The maximum Gasteiger partial charge on any atom is -0.0152 e. The first kappa shape index (κ1) is 11.9. The lowest BCUT2D eigenvalue weighted by molar-refractivity contribution is 0.867. The van der Waals surface area contributed by atoms with Crippen molar-refractivity contribution in [3.63, 3.8) is 0 Å². The van der Waals surface area contributed by atoms with Crippen molar-refractivity contribution in [1.29, 1.82) is 0 Å². The van der Waals surface area contributed by atoms with Crippen LogP contribution in [-0.4, -0.2) is 0 Å². The van der Waals surface area contributed by atoms with Crippen molar-refractivity contribution in [1.82, 2.24) is 0 Å². The molecule has 0 spiro atoms. The second kappa shape index (κ2) is 4.75. The van der Waals surface area contributed by atoms with Crippen LogP contribution in [0.25, 0.3) is 11.1 Å². The monoisotopic (exact) mass is 224 g/mol. The Morgan fingerprint density at radius 3 is 2.06 bits per heavy atom. The Hall–Kier alpha value is -1.56. The smallest absolute Gasteiger partial charge is 0.0152 e. The van der Waals surface area contributed by atoms with Crippen molar-refractivity contribution in [2.24, 2.45) is 0 Å². The van der Waals surface area contributed by atoms with E-state index < -0.39 is 0 Å². The Kier molecular flexibility index (Phi) is 3.33. The summed E-state index contributed by atoms with van der Waals surface area (Å²) in [6, 6.07) is 15.4. The second-order valence-corrected chi connectivity index (χ2v) is 5.02. The molecule has 0 radical (unpaired) electrons. The third-order valence-corrected chi connectivity index (χ3v) is 3.49. The highest BCUT2D eigenvalue weighted by atomic mass is 14.1. The van der Waals surface area contributed by atoms with Gasteiger partial charge in [0.2, 0.25) is 0 Å². The van der Waals surface area contributed by atoms with E-state index in [1.54, 1.807) is 0 Å². The fourth-order valence-electron chi connectivity index (χ4n) is 2.11. The summed E-state index contributed by atoms with van der Waals surface area (Å²) in [6.45, 7) is 8.82. The van der Waals surface area contributed by atoms with E-state index in [9.17, 15) is 0 Å². The van der Waals surface area contributed by atoms with Crippen molar-refractivity contribution < 1.29 is 0 Å². The van der Waals surface area contributed by atoms with Crippen LogP contribution in [0.3, 0.4) is 0 Å². The maximum atomic E-state index is 2.24. The number of rotatable bonds is 2. The van der Waals surface area contributed by atoms with E-state index >= 15 is 0 Å². The fraction of sp³-hybridized carbons (Fsp3) is 0.294. The molecule has 0 heteroatoms. The van der Waals surface area contributed by atoms with Crippen LogP contribution in [0.5, 0.6) is 0 Å². The first-order valence-corrected chi connectivity index (χ1v) is 6.26. The van der Waals surface area contributed by atoms with Crippen LogP contribution < -0.4 is 0 Å². The average Bonchev–Trinajstić information content (AvgIpc) is 2.33. The van der Waals surface area contributed by atoms with Crippen molar-refractivity contribution in [2.75, 3.05) is 0 Å². The SMILES string of the molecule is Cc1cccc(-c2ccc(C(C)C)cc2)c1C. The molecule has 2 rings (SSSR count). The van der Waals surface area contributed by atoms with Crippen LogP contribution in [0.15, 0.2) is 42.5 Å². The molecular weight excluding hydrogens is 204 g/mol. The van der Waals surface area contributed by atoms with Gasteiger partial charge in [-0.2, -0.15) is 0 Å². The van der Waals surface area contributed by atoms with E-state index in [2.05, 4.69) is 70.2 Å². The molecule has 88 valence electrons. The summed E-state index contributed by atoms with van der Waals surface area (Å²) in [4.78, 5) is 0. The van der Waals surface area contributed by atoms with Crippen molar-refractivity contribution in [3.8, 4) is 11.1 Å². The fourth-order valence-corrected chi connectivity index (χ4v) is 2.11. The molecule has 0 atom stereocenters. The summed E-state index contributed by atoms with van der Waals surface area (Å²) in [6.07, 6.45) is 0. The molecule has 0 fully saturated rings. The van der Waals surface area contributed by atoms with Gasteiger partial charge in [-0.15, -0.1) is 0 Å². The average molecular weight is 224 g/mol. The molecule has 0 aliphatic rings. The van der Waals surface area contributed by atoms with Gasteiger partial charge in [0.15, 0.2) is 0 Å². The zero-order valence-corrected chi connectivity index (χ0v) is 11.1. The topological polar surface area (TPSA) is 0 Å². The Morgan fingerprint density at radius 1 is 0.824 bits per heavy atom. The van der Waals surface area contributed by atoms with Gasteiger partial charge in [-0.05, 0) is 47.6 Å². The lowest BCUT2D eigenvalue weighted by Gasteiger charge is -2.10. The number of hydrogen-bond acceptors (Lipinski definition) is 0. The zero-order valence-electron chi connectivity index (χ0n) is 11.1. The molecule has 17 heavy (non-hydrogen) atoms. The molecule has 0 unspecified atom stereocenters. The zero-order chi connectivity index (χ0) is 12.4. The summed E-state index contributed by atoms with van der Waals surface area (Å²) in [5.41, 5.74) is 6.80. The lowest BCUT2D eigenvalue weighted by atomic mass is 9.94. The molecule has 0 aliphatic heterocycles. The normalized spacial score (nSPS) is 10.9. The number of aryl methyl sites for hydroxylation is 1. The Balaban J connectivity index is 2.43. The third kappa shape index (κ3) is 2.41. The third-order valence-electron chi connectivity index (χ3n) is 3.49. The Morgan fingerprint density at radius 2 is 1.47 bits per heavy atom. The molecule has 0 nitrogen and oxygen atoms in total. The molecule has 2 aromatic rings. The number of benzene rings is 2. The highest BCUT2D eigenvalue weighted by Crippen LogP contribution is 2.26. The summed E-state index contributed by atoms with van der Waals surface area (Å²) >= 11 is 0. The minimum absolute atomic E-state index is 0.600. The summed E-state index contributed by atoms with van der Waals surface area (Å²) < 4.78 is 0. The van der Waals surface area contributed by atoms with Gasteiger partial charge in [0.25, 0.3) is 0 Å². The van der Waals surface area contributed by atoms with Crippen LogP contribution in [0.1, 0.15) is 36.5 Å². The van der Waals surface area contributed by atoms with E-state index in [1.807, 2.05) is 0 Å². The standard InChI is InChI=1S/C17H20/c1-12(2)15-8-10-16(11-9-15)17-7-5-6-13(3)14(17)4/h5-12H,1-4H3. The Bertz CT molecular complexity index is 504. The van der Waals surface area contributed by atoms with E-state index in [4.69, 9.17) is 0 Å². The molecule has 2 aromatic carbocycles. The van der Waals surface area contributed by atoms with E-state index in [0.29, 0.717) is 5.92 Å². The minimum atomic E-state index is 0.600. The molecule has 0 N–H and O–H groups in total. The van der Waals surface area contributed by atoms with Crippen molar-refractivity contribution in [3.05, 3.63) is 59.2 Å². The van der Waals surface area contributed by atoms with E-state index in [1.165, 1.54) is 27.8 Å². The van der Waals surface area contributed by atoms with Gasteiger partial charge >= 0.3 is 0 Å². The van der Waals surface area contributed by atoms with Gasteiger partial charge in [0.1, 0.15) is 0 Å².